The standard InChI is InChI=1S/C24H21N3OS/c1-15-6-3-4-8-18(15)19-12-20(23-26-16(2)14-29-23)24(28)27-11-5-7-17-9-10-25-13-21(17)22(19)27/h3-4,6,8-10,12-14H,5,7,11H2,1-2H3. The van der Waals surface area contributed by atoms with Crippen molar-refractivity contribution in [3.05, 3.63) is 81.3 Å². The summed E-state index contributed by atoms with van der Waals surface area (Å²) < 4.78 is 1.95. The van der Waals surface area contributed by atoms with Crippen LogP contribution in [0, 0.1) is 13.8 Å². The van der Waals surface area contributed by atoms with Gasteiger partial charge in [0.1, 0.15) is 5.01 Å². The fourth-order valence-electron chi connectivity index (χ4n) is 4.16. The van der Waals surface area contributed by atoms with E-state index in [0.717, 1.165) is 45.9 Å². The van der Waals surface area contributed by atoms with Gasteiger partial charge in [-0.15, -0.1) is 11.3 Å². The van der Waals surface area contributed by atoms with E-state index in [-0.39, 0.29) is 5.56 Å². The van der Waals surface area contributed by atoms with E-state index in [1.54, 1.807) is 0 Å². The molecular weight excluding hydrogens is 378 g/mol. The van der Waals surface area contributed by atoms with Crippen LogP contribution in [0.1, 0.15) is 23.2 Å². The first kappa shape index (κ1) is 18.0. The predicted octanol–water partition coefficient (Wildman–Crippen LogP) is 5.26. The maximum absolute atomic E-state index is 13.6. The van der Waals surface area contributed by atoms with E-state index in [4.69, 9.17) is 0 Å². The maximum Gasteiger partial charge on any atom is 0.261 e. The van der Waals surface area contributed by atoms with Gasteiger partial charge in [-0.3, -0.25) is 9.78 Å². The summed E-state index contributed by atoms with van der Waals surface area (Å²) in [5.41, 5.74) is 8.33. The molecule has 29 heavy (non-hydrogen) atoms. The van der Waals surface area contributed by atoms with E-state index in [9.17, 15) is 4.79 Å². The van der Waals surface area contributed by atoms with Crippen LogP contribution in [-0.2, 0) is 13.0 Å². The molecule has 3 aromatic heterocycles. The molecule has 0 atom stereocenters. The van der Waals surface area contributed by atoms with Crippen molar-refractivity contribution in [2.45, 2.75) is 33.2 Å². The Labute approximate surface area is 173 Å². The van der Waals surface area contributed by atoms with Gasteiger partial charge in [-0.25, -0.2) is 4.98 Å². The summed E-state index contributed by atoms with van der Waals surface area (Å²) in [6, 6.07) is 12.5. The van der Waals surface area contributed by atoms with Crippen molar-refractivity contribution in [2.24, 2.45) is 0 Å². The van der Waals surface area contributed by atoms with Crippen molar-refractivity contribution < 1.29 is 0 Å². The molecule has 0 unspecified atom stereocenters. The summed E-state index contributed by atoms with van der Waals surface area (Å²) in [5, 5.41) is 2.78. The van der Waals surface area contributed by atoms with E-state index in [1.165, 1.54) is 22.5 Å². The number of aryl methyl sites for hydroxylation is 3. The molecule has 0 aliphatic carbocycles. The van der Waals surface area contributed by atoms with Gasteiger partial charge < -0.3 is 4.57 Å². The molecule has 0 saturated heterocycles. The van der Waals surface area contributed by atoms with E-state index < -0.39 is 0 Å². The van der Waals surface area contributed by atoms with Crippen LogP contribution in [0.4, 0.5) is 0 Å². The number of pyridine rings is 2. The quantitative estimate of drug-likeness (QED) is 0.462. The molecule has 4 heterocycles. The van der Waals surface area contributed by atoms with Crippen LogP contribution >= 0.6 is 11.3 Å². The largest absolute Gasteiger partial charge is 0.307 e. The third-order valence-corrected chi connectivity index (χ3v) is 6.56. The Morgan fingerprint density at radius 3 is 2.69 bits per heavy atom. The second-order valence-electron chi connectivity index (χ2n) is 7.52. The number of rotatable bonds is 2. The van der Waals surface area contributed by atoms with Crippen LogP contribution < -0.4 is 5.56 Å². The van der Waals surface area contributed by atoms with E-state index in [1.807, 2.05) is 41.4 Å². The zero-order valence-corrected chi connectivity index (χ0v) is 17.3. The average molecular weight is 400 g/mol. The molecule has 4 aromatic rings. The third kappa shape index (κ3) is 3.02. The smallest absolute Gasteiger partial charge is 0.261 e. The average Bonchev–Trinajstić information content (AvgIpc) is 3.06. The molecule has 5 heteroatoms. The number of hydrogen-bond acceptors (Lipinski definition) is 4. The number of nitrogens with zero attached hydrogens (tertiary/aromatic N) is 3. The highest BCUT2D eigenvalue weighted by Crippen LogP contribution is 2.38. The summed E-state index contributed by atoms with van der Waals surface area (Å²) in [7, 11) is 0. The fraction of sp³-hybridized carbons (Fsp3) is 0.208. The molecule has 5 rings (SSSR count). The van der Waals surface area contributed by atoms with E-state index in [0.29, 0.717) is 12.1 Å². The first-order chi connectivity index (χ1) is 14.1. The highest BCUT2D eigenvalue weighted by atomic mass is 32.1. The predicted molar refractivity (Wildman–Crippen MR) is 118 cm³/mol. The minimum absolute atomic E-state index is 0.0309. The molecule has 0 bridgehead atoms. The molecule has 144 valence electrons. The normalized spacial score (nSPS) is 12.9. The van der Waals surface area contributed by atoms with Crippen molar-refractivity contribution in [3.63, 3.8) is 0 Å². The van der Waals surface area contributed by atoms with Gasteiger partial charge in [0.2, 0.25) is 0 Å². The molecule has 1 aliphatic heterocycles. The van der Waals surface area contributed by atoms with Gasteiger partial charge in [-0.2, -0.15) is 0 Å². The van der Waals surface area contributed by atoms with Crippen molar-refractivity contribution in [2.75, 3.05) is 0 Å². The Bertz CT molecular complexity index is 1290. The highest BCUT2D eigenvalue weighted by Gasteiger charge is 2.24. The van der Waals surface area contributed by atoms with Crippen molar-refractivity contribution in [1.82, 2.24) is 14.5 Å². The number of hydrogen-bond donors (Lipinski definition) is 0. The summed E-state index contributed by atoms with van der Waals surface area (Å²) in [5.74, 6) is 0. The maximum atomic E-state index is 13.6. The number of fused-ring (bicyclic) bond motifs is 3. The molecule has 4 nitrogen and oxygen atoms in total. The highest BCUT2D eigenvalue weighted by molar-refractivity contribution is 7.13. The first-order valence-corrected chi connectivity index (χ1v) is 10.7. The zero-order chi connectivity index (χ0) is 20.0. The Balaban J connectivity index is 1.91. The molecule has 0 N–H and O–H groups in total. The first-order valence-electron chi connectivity index (χ1n) is 9.83. The van der Waals surface area contributed by atoms with Gasteiger partial charge in [0.15, 0.2) is 0 Å². The van der Waals surface area contributed by atoms with Crippen LogP contribution in [0.15, 0.2) is 59.0 Å². The lowest BCUT2D eigenvalue weighted by molar-refractivity contribution is 0.642. The van der Waals surface area contributed by atoms with Gasteiger partial charge in [0.25, 0.3) is 5.56 Å². The Morgan fingerprint density at radius 1 is 1.03 bits per heavy atom. The van der Waals surface area contributed by atoms with Crippen molar-refractivity contribution in [1.29, 1.82) is 0 Å². The molecule has 0 saturated carbocycles. The summed E-state index contributed by atoms with van der Waals surface area (Å²) in [6.45, 7) is 4.77. The second kappa shape index (κ2) is 7.08. The van der Waals surface area contributed by atoms with Crippen LogP contribution in [0.25, 0.3) is 33.0 Å². The van der Waals surface area contributed by atoms with Crippen molar-refractivity contribution >= 4 is 11.3 Å². The minimum atomic E-state index is 0.0309. The molecular formula is C24H21N3OS. The van der Waals surface area contributed by atoms with Gasteiger partial charge in [0.05, 0.1) is 11.3 Å². The lowest BCUT2D eigenvalue weighted by atomic mass is 9.93. The zero-order valence-electron chi connectivity index (χ0n) is 16.5. The SMILES string of the molecule is Cc1csc(-c2cc(-c3ccccc3C)c3n(c2=O)CCCc2ccncc2-3)n1. The topological polar surface area (TPSA) is 47.8 Å². The van der Waals surface area contributed by atoms with Crippen LogP contribution in [0.2, 0.25) is 0 Å². The lowest BCUT2D eigenvalue weighted by Crippen LogP contribution is -2.24. The minimum Gasteiger partial charge on any atom is -0.307 e. The monoisotopic (exact) mass is 399 g/mol. The third-order valence-electron chi connectivity index (χ3n) is 5.57. The number of aromatic nitrogens is 3. The fourth-order valence-corrected chi connectivity index (χ4v) is 4.97. The Kier molecular flexibility index (Phi) is 4.40. The molecule has 0 amide bonds. The van der Waals surface area contributed by atoms with Crippen LogP contribution in [0.3, 0.4) is 0 Å². The second-order valence-corrected chi connectivity index (χ2v) is 8.38. The number of benzene rings is 1. The molecule has 0 spiro atoms. The van der Waals surface area contributed by atoms with Gasteiger partial charge in [-0.1, -0.05) is 24.3 Å². The molecule has 1 aliphatic rings. The van der Waals surface area contributed by atoms with E-state index in [2.05, 4.69) is 41.2 Å². The van der Waals surface area contributed by atoms with Gasteiger partial charge in [0, 0.05) is 41.1 Å². The summed E-state index contributed by atoms with van der Waals surface area (Å²) >= 11 is 1.53. The molecule has 0 radical (unpaired) electrons. The van der Waals surface area contributed by atoms with Gasteiger partial charge in [-0.05, 0) is 55.5 Å². The Hall–Kier alpha value is -3.05. The summed E-state index contributed by atoms with van der Waals surface area (Å²) in [4.78, 5) is 22.6. The molecule has 0 fully saturated rings. The van der Waals surface area contributed by atoms with Crippen LogP contribution in [0.5, 0.6) is 0 Å². The van der Waals surface area contributed by atoms with Crippen LogP contribution in [-0.4, -0.2) is 14.5 Å². The number of thiazole rings is 1. The van der Waals surface area contributed by atoms with Gasteiger partial charge >= 0.3 is 0 Å². The summed E-state index contributed by atoms with van der Waals surface area (Å²) in [6.07, 6.45) is 5.61. The Morgan fingerprint density at radius 2 is 1.90 bits per heavy atom. The van der Waals surface area contributed by atoms with E-state index >= 15 is 0 Å². The lowest BCUT2D eigenvalue weighted by Gasteiger charge is -2.19. The molecule has 1 aromatic carbocycles. The van der Waals surface area contributed by atoms with Crippen molar-refractivity contribution in [3.8, 4) is 33.0 Å².